The highest BCUT2D eigenvalue weighted by Crippen LogP contribution is 2.26. The van der Waals surface area contributed by atoms with Gasteiger partial charge in [-0.05, 0) is 29.3 Å². The number of benzene rings is 1. The van der Waals surface area contributed by atoms with Crippen molar-refractivity contribution >= 4 is 40.5 Å². The third-order valence-corrected chi connectivity index (χ3v) is 2.27. The molecule has 0 spiro atoms. The monoisotopic (exact) mass is 285 g/mol. The average Bonchev–Trinajstić information content (AvgIpc) is 2.27. The van der Waals surface area contributed by atoms with Crippen molar-refractivity contribution in [1.29, 1.82) is 0 Å². The molecule has 0 bridgehead atoms. The van der Waals surface area contributed by atoms with Crippen molar-refractivity contribution in [2.75, 3.05) is 5.32 Å². The summed E-state index contributed by atoms with van der Waals surface area (Å²) in [5.74, 6) is 0.0364. The van der Waals surface area contributed by atoms with Crippen LogP contribution in [0.15, 0.2) is 24.3 Å². The number of nitro benzene ring substituents is 1. The summed E-state index contributed by atoms with van der Waals surface area (Å²) in [6.45, 7) is 0. The van der Waals surface area contributed by atoms with Crippen LogP contribution in [0.2, 0.25) is 10.6 Å². The first-order valence-electron chi connectivity index (χ1n) is 4.64. The van der Waals surface area contributed by atoms with Crippen molar-refractivity contribution in [2.45, 2.75) is 0 Å². The van der Waals surface area contributed by atoms with Gasteiger partial charge in [0.2, 0.25) is 16.5 Å². The minimum Gasteiger partial charge on any atom is -0.318 e. The number of para-hydroxylation sites is 2. The maximum atomic E-state index is 10.8. The van der Waals surface area contributed by atoms with Crippen molar-refractivity contribution in [3.63, 3.8) is 0 Å². The Bertz CT molecular complexity index is 587. The van der Waals surface area contributed by atoms with Gasteiger partial charge in [0.05, 0.1) is 4.92 Å². The molecule has 0 aliphatic carbocycles. The molecule has 2 aromatic rings. The van der Waals surface area contributed by atoms with E-state index in [0.717, 1.165) is 0 Å². The van der Waals surface area contributed by atoms with Gasteiger partial charge in [-0.2, -0.15) is 15.0 Å². The second-order valence-corrected chi connectivity index (χ2v) is 3.77. The molecule has 18 heavy (non-hydrogen) atoms. The summed E-state index contributed by atoms with van der Waals surface area (Å²) in [5, 5.41) is 13.3. The van der Waals surface area contributed by atoms with Crippen molar-refractivity contribution in [3.8, 4) is 0 Å². The maximum absolute atomic E-state index is 10.8. The molecule has 0 aliphatic heterocycles. The van der Waals surface area contributed by atoms with Gasteiger partial charge in [0.1, 0.15) is 5.69 Å². The lowest BCUT2D eigenvalue weighted by Gasteiger charge is -2.05. The Morgan fingerprint density at radius 2 is 1.72 bits per heavy atom. The molecule has 0 atom stereocenters. The molecule has 1 heterocycles. The van der Waals surface area contributed by atoms with Crippen LogP contribution < -0.4 is 5.32 Å². The van der Waals surface area contributed by atoms with Crippen molar-refractivity contribution in [3.05, 3.63) is 44.9 Å². The first-order chi connectivity index (χ1) is 8.56. The zero-order chi connectivity index (χ0) is 13.1. The summed E-state index contributed by atoms with van der Waals surface area (Å²) < 4.78 is 0. The lowest BCUT2D eigenvalue weighted by molar-refractivity contribution is -0.383. The fourth-order valence-electron chi connectivity index (χ4n) is 1.24. The molecule has 2 rings (SSSR count). The van der Waals surface area contributed by atoms with E-state index in [1.54, 1.807) is 12.1 Å². The summed E-state index contributed by atoms with van der Waals surface area (Å²) in [5.41, 5.74) is 0.131. The van der Waals surface area contributed by atoms with Gasteiger partial charge in [0, 0.05) is 6.07 Å². The van der Waals surface area contributed by atoms with Crippen LogP contribution in [0.4, 0.5) is 17.3 Å². The minimum absolute atomic E-state index is 0.0364. The lowest BCUT2D eigenvalue weighted by atomic mass is 10.3. The molecule has 0 saturated heterocycles. The molecule has 0 amide bonds. The van der Waals surface area contributed by atoms with Gasteiger partial charge in [0.15, 0.2) is 0 Å². The molecule has 1 aromatic carbocycles. The molecular formula is C9H5Cl2N5O2. The van der Waals surface area contributed by atoms with E-state index in [1.165, 1.54) is 12.1 Å². The number of aromatic nitrogens is 3. The van der Waals surface area contributed by atoms with Crippen LogP contribution in [0.5, 0.6) is 0 Å². The molecule has 0 radical (unpaired) electrons. The Hall–Kier alpha value is -1.99. The van der Waals surface area contributed by atoms with E-state index in [2.05, 4.69) is 20.3 Å². The second-order valence-electron chi connectivity index (χ2n) is 3.10. The van der Waals surface area contributed by atoms with Crippen LogP contribution >= 0.6 is 23.2 Å². The third kappa shape index (κ3) is 2.82. The number of hydrogen-bond acceptors (Lipinski definition) is 6. The fraction of sp³-hybridized carbons (Fsp3) is 0. The van der Waals surface area contributed by atoms with E-state index in [9.17, 15) is 10.1 Å². The van der Waals surface area contributed by atoms with E-state index in [-0.39, 0.29) is 27.9 Å². The van der Waals surface area contributed by atoms with Gasteiger partial charge in [-0.1, -0.05) is 12.1 Å². The number of nitrogens with zero attached hydrogens (tertiary/aromatic N) is 4. The van der Waals surface area contributed by atoms with Crippen LogP contribution in [0.25, 0.3) is 0 Å². The standard InChI is InChI=1S/C9H5Cl2N5O2/c10-7-13-8(11)15-9(14-7)12-5-3-1-2-4-6(5)16(17)18/h1-4H,(H,12,13,14,15). The van der Waals surface area contributed by atoms with E-state index >= 15 is 0 Å². The average molecular weight is 286 g/mol. The second kappa shape index (κ2) is 5.11. The Balaban J connectivity index is 2.37. The number of anilines is 2. The molecule has 0 fully saturated rings. The molecule has 0 unspecified atom stereocenters. The van der Waals surface area contributed by atoms with Gasteiger partial charge < -0.3 is 5.32 Å². The number of halogens is 2. The van der Waals surface area contributed by atoms with Crippen LogP contribution in [-0.4, -0.2) is 19.9 Å². The van der Waals surface area contributed by atoms with E-state index < -0.39 is 4.92 Å². The molecule has 1 N–H and O–H groups in total. The van der Waals surface area contributed by atoms with Crippen LogP contribution in [0.1, 0.15) is 0 Å². The number of rotatable bonds is 3. The summed E-state index contributed by atoms with van der Waals surface area (Å²) in [6, 6.07) is 6.06. The zero-order valence-electron chi connectivity index (χ0n) is 8.67. The molecule has 9 heteroatoms. The smallest absolute Gasteiger partial charge is 0.292 e. The maximum Gasteiger partial charge on any atom is 0.292 e. The fourth-order valence-corrected chi connectivity index (χ4v) is 1.60. The number of hydrogen-bond donors (Lipinski definition) is 1. The normalized spacial score (nSPS) is 10.1. The Labute approximate surface area is 111 Å². The van der Waals surface area contributed by atoms with Crippen LogP contribution in [0, 0.1) is 10.1 Å². The first-order valence-corrected chi connectivity index (χ1v) is 5.39. The van der Waals surface area contributed by atoms with Gasteiger partial charge in [-0.15, -0.1) is 0 Å². The molecular weight excluding hydrogens is 281 g/mol. The van der Waals surface area contributed by atoms with E-state index in [1.807, 2.05) is 0 Å². The highest BCUT2D eigenvalue weighted by Gasteiger charge is 2.14. The molecule has 1 aromatic heterocycles. The number of nitro groups is 1. The Kier molecular flexibility index (Phi) is 3.54. The van der Waals surface area contributed by atoms with E-state index in [0.29, 0.717) is 0 Å². The quantitative estimate of drug-likeness (QED) is 0.688. The number of nitrogens with one attached hydrogen (secondary N) is 1. The topological polar surface area (TPSA) is 93.8 Å². The van der Waals surface area contributed by atoms with Gasteiger partial charge in [-0.3, -0.25) is 10.1 Å². The Morgan fingerprint density at radius 1 is 1.11 bits per heavy atom. The van der Waals surface area contributed by atoms with Crippen molar-refractivity contribution in [2.24, 2.45) is 0 Å². The third-order valence-electron chi connectivity index (χ3n) is 1.93. The SMILES string of the molecule is O=[N+]([O-])c1ccccc1Nc1nc(Cl)nc(Cl)n1. The van der Waals surface area contributed by atoms with Crippen LogP contribution in [-0.2, 0) is 0 Å². The summed E-state index contributed by atoms with van der Waals surface area (Å²) >= 11 is 11.2. The molecule has 7 nitrogen and oxygen atoms in total. The van der Waals surface area contributed by atoms with Gasteiger partial charge in [0.25, 0.3) is 5.69 Å². The highest BCUT2D eigenvalue weighted by molar-refractivity contribution is 6.31. The van der Waals surface area contributed by atoms with E-state index in [4.69, 9.17) is 23.2 Å². The lowest BCUT2D eigenvalue weighted by Crippen LogP contribution is -2.01. The van der Waals surface area contributed by atoms with Gasteiger partial charge in [-0.25, -0.2) is 0 Å². The molecule has 0 aliphatic rings. The summed E-state index contributed by atoms with van der Waals surface area (Å²) in [4.78, 5) is 21.4. The molecule has 92 valence electrons. The predicted molar refractivity (Wildman–Crippen MR) is 66.2 cm³/mol. The van der Waals surface area contributed by atoms with Crippen LogP contribution in [0.3, 0.4) is 0 Å². The zero-order valence-corrected chi connectivity index (χ0v) is 10.2. The van der Waals surface area contributed by atoms with Crippen molar-refractivity contribution in [1.82, 2.24) is 15.0 Å². The first kappa shape index (κ1) is 12.5. The van der Waals surface area contributed by atoms with Gasteiger partial charge >= 0.3 is 0 Å². The molecule has 0 saturated carbocycles. The summed E-state index contributed by atoms with van der Waals surface area (Å²) in [7, 11) is 0. The summed E-state index contributed by atoms with van der Waals surface area (Å²) in [6.07, 6.45) is 0. The minimum atomic E-state index is -0.521. The highest BCUT2D eigenvalue weighted by atomic mass is 35.5. The van der Waals surface area contributed by atoms with Crippen molar-refractivity contribution < 1.29 is 4.92 Å². The largest absolute Gasteiger partial charge is 0.318 e. The Morgan fingerprint density at radius 3 is 2.33 bits per heavy atom. The predicted octanol–water partition coefficient (Wildman–Crippen LogP) is 2.83.